The van der Waals surface area contributed by atoms with Crippen molar-refractivity contribution >= 4 is 17.9 Å². The molecular formula is C24H26N2O4. The van der Waals surface area contributed by atoms with Gasteiger partial charge in [0.15, 0.2) is 0 Å². The first-order valence-electron chi connectivity index (χ1n) is 10.5. The Morgan fingerprint density at radius 1 is 0.900 bits per heavy atom. The van der Waals surface area contributed by atoms with Crippen LogP contribution in [-0.4, -0.2) is 47.3 Å². The summed E-state index contributed by atoms with van der Waals surface area (Å²) in [5.74, 6) is 0.122. The van der Waals surface area contributed by atoms with Gasteiger partial charge in [0.2, 0.25) is 0 Å². The van der Waals surface area contributed by atoms with Crippen LogP contribution in [0.4, 0.5) is 4.79 Å². The molecule has 156 valence electrons. The van der Waals surface area contributed by atoms with Crippen LogP contribution in [0.1, 0.15) is 52.0 Å². The fourth-order valence-electron chi connectivity index (χ4n) is 4.20. The molecule has 0 spiro atoms. The molecule has 0 aromatic heterocycles. The van der Waals surface area contributed by atoms with Crippen molar-refractivity contribution in [2.24, 2.45) is 5.92 Å². The van der Waals surface area contributed by atoms with E-state index in [2.05, 4.69) is 0 Å². The van der Waals surface area contributed by atoms with Gasteiger partial charge < -0.3 is 9.64 Å². The van der Waals surface area contributed by atoms with Gasteiger partial charge in [-0.3, -0.25) is 14.5 Å². The van der Waals surface area contributed by atoms with Crippen LogP contribution in [-0.2, 0) is 11.3 Å². The summed E-state index contributed by atoms with van der Waals surface area (Å²) in [5, 5.41) is 0. The van der Waals surface area contributed by atoms with Gasteiger partial charge in [-0.15, -0.1) is 0 Å². The average molecular weight is 406 g/mol. The van der Waals surface area contributed by atoms with Crippen LogP contribution >= 0.6 is 0 Å². The smallest absolute Gasteiger partial charge is 0.410 e. The number of fused-ring (bicyclic) bond motifs is 1. The molecule has 2 aliphatic rings. The lowest BCUT2D eigenvalue weighted by Crippen LogP contribution is -2.39. The van der Waals surface area contributed by atoms with Crippen LogP contribution in [0.3, 0.4) is 0 Å². The van der Waals surface area contributed by atoms with Crippen LogP contribution in [0.2, 0.25) is 0 Å². The van der Waals surface area contributed by atoms with Gasteiger partial charge >= 0.3 is 6.09 Å². The van der Waals surface area contributed by atoms with E-state index in [-0.39, 0.29) is 17.9 Å². The summed E-state index contributed by atoms with van der Waals surface area (Å²) in [4.78, 5) is 40.2. The predicted octanol–water partition coefficient (Wildman–Crippen LogP) is 4.11. The molecule has 0 unspecified atom stereocenters. The highest BCUT2D eigenvalue weighted by molar-refractivity contribution is 6.21. The zero-order chi connectivity index (χ0) is 20.9. The summed E-state index contributed by atoms with van der Waals surface area (Å²) in [7, 11) is 0. The van der Waals surface area contributed by atoms with E-state index in [9.17, 15) is 14.4 Å². The van der Waals surface area contributed by atoms with Crippen LogP contribution < -0.4 is 0 Å². The maximum absolute atomic E-state index is 12.4. The Morgan fingerprint density at radius 2 is 1.50 bits per heavy atom. The topological polar surface area (TPSA) is 66.9 Å². The Hall–Kier alpha value is -3.15. The number of nitrogens with zero attached hydrogens (tertiary/aromatic N) is 2. The second kappa shape index (κ2) is 9.11. The van der Waals surface area contributed by atoms with E-state index in [1.807, 2.05) is 30.3 Å². The number of ether oxygens (including phenoxy) is 1. The van der Waals surface area contributed by atoms with Gasteiger partial charge in [-0.1, -0.05) is 42.5 Å². The van der Waals surface area contributed by atoms with E-state index in [4.69, 9.17) is 4.74 Å². The number of imide groups is 1. The molecule has 4 rings (SSSR count). The molecule has 6 heteroatoms. The number of benzene rings is 2. The first-order chi connectivity index (χ1) is 14.6. The van der Waals surface area contributed by atoms with Gasteiger partial charge in [0.1, 0.15) is 6.61 Å². The molecule has 0 aliphatic carbocycles. The van der Waals surface area contributed by atoms with Gasteiger partial charge in [0, 0.05) is 19.6 Å². The fraction of sp³-hybridized carbons (Fsp3) is 0.375. The first kappa shape index (κ1) is 20.1. The van der Waals surface area contributed by atoms with E-state index in [0.717, 1.165) is 31.2 Å². The number of carbonyl (C=O) groups excluding carboxylic acids is 3. The van der Waals surface area contributed by atoms with Crippen LogP contribution in [0, 0.1) is 5.92 Å². The summed E-state index contributed by atoms with van der Waals surface area (Å²) >= 11 is 0. The lowest BCUT2D eigenvalue weighted by Gasteiger charge is -2.31. The normalized spacial score (nSPS) is 16.7. The van der Waals surface area contributed by atoms with Crippen molar-refractivity contribution in [2.45, 2.75) is 32.3 Å². The highest BCUT2D eigenvalue weighted by Gasteiger charge is 2.34. The highest BCUT2D eigenvalue weighted by atomic mass is 16.6. The van der Waals surface area contributed by atoms with Crippen LogP contribution in [0.25, 0.3) is 0 Å². The molecule has 0 saturated carbocycles. The zero-order valence-electron chi connectivity index (χ0n) is 17.0. The zero-order valence-corrected chi connectivity index (χ0v) is 17.0. The second-order valence-corrected chi connectivity index (χ2v) is 7.92. The number of likely N-dealkylation sites (tertiary alicyclic amines) is 1. The Labute approximate surface area is 176 Å². The lowest BCUT2D eigenvalue weighted by molar-refractivity contribution is 0.0640. The Morgan fingerprint density at radius 3 is 2.13 bits per heavy atom. The van der Waals surface area contributed by atoms with E-state index in [0.29, 0.717) is 43.3 Å². The third kappa shape index (κ3) is 4.37. The van der Waals surface area contributed by atoms with E-state index in [1.54, 1.807) is 29.2 Å². The minimum atomic E-state index is -0.261. The number of amides is 3. The monoisotopic (exact) mass is 406 g/mol. The summed E-state index contributed by atoms with van der Waals surface area (Å²) in [5.41, 5.74) is 1.99. The third-order valence-corrected chi connectivity index (χ3v) is 5.95. The Bertz CT molecular complexity index is 885. The molecule has 1 fully saturated rings. The summed E-state index contributed by atoms with van der Waals surface area (Å²) in [6, 6.07) is 16.7. The molecule has 30 heavy (non-hydrogen) atoms. The first-order valence-corrected chi connectivity index (χ1v) is 10.5. The van der Waals surface area contributed by atoms with E-state index >= 15 is 0 Å². The van der Waals surface area contributed by atoms with Gasteiger partial charge in [-0.05, 0) is 49.3 Å². The quantitative estimate of drug-likeness (QED) is 0.677. The van der Waals surface area contributed by atoms with Crippen molar-refractivity contribution < 1.29 is 19.1 Å². The predicted molar refractivity (Wildman–Crippen MR) is 112 cm³/mol. The summed E-state index contributed by atoms with van der Waals surface area (Å²) in [6.07, 6.45) is 3.31. The van der Waals surface area contributed by atoms with Crippen molar-refractivity contribution in [1.29, 1.82) is 0 Å². The van der Waals surface area contributed by atoms with Gasteiger partial charge in [0.25, 0.3) is 11.8 Å². The molecule has 6 nitrogen and oxygen atoms in total. The summed E-state index contributed by atoms with van der Waals surface area (Å²) in [6.45, 7) is 2.11. The number of hydrogen-bond acceptors (Lipinski definition) is 4. The van der Waals surface area contributed by atoms with E-state index in [1.165, 1.54) is 4.90 Å². The van der Waals surface area contributed by atoms with Crippen molar-refractivity contribution in [3.63, 3.8) is 0 Å². The maximum atomic E-state index is 12.4. The number of rotatable bonds is 6. The third-order valence-electron chi connectivity index (χ3n) is 5.95. The molecule has 3 amide bonds. The molecule has 2 aromatic carbocycles. The Kier molecular flexibility index (Phi) is 6.12. The van der Waals surface area contributed by atoms with Gasteiger partial charge in [-0.25, -0.2) is 4.79 Å². The fourth-order valence-corrected chi connectivity index (χ4v) is 4.20. The molecule has 0 atom stereocenters. The van der Waals surface area contributed by atoms with Crippen molar-refractivity contribution in [3.8, 4) is 0 Å². The Balaban J connectivity index is 1.17. The lowest BCUT2D eigenvalue weighted by atomic mass is 9.92. The van der Waals surface area contributed by atoms with Crippen molar-refractivity contribution in [3.05, 3.63) is 71.3 Å². The SMILES string of the molecule is O=C(OCc1ccccc1)N1CCC(CCCN2C(=O)c3ccccc3C2=O)CC1. The standard InChI is InChI=1S/C24H26N2O4/c27-22-20-10-4-5-11-21(20)23(28)26(22)14-6-9-18-12-15-25(16-13-18)24(29)30-17-19-7-2-1-3-8-19/h1-5,7-8,10-11,18H,6,9,12-17H2. The molecular weight excluding hydrogens is 380 g/mol. The van der Waals surface area contributed by atoms with Crippen LogP contribution in [0.15, 0.2) is 54.6 Å². The minimum Gasteiger partial charge on any atom is -0.445 e. The van der Waals surface area contributed by atoms with Crippen LogP contribution in [0.5, 0.6) is 0 Å². The molecule has 0 radical (unpaired) electrons. The highest BCUT2D eigenvalue weighted by Crippen LogP contribution is 2.26. The minimum absolute atomic E-state index is 0.188. The molecule has 1 saturated heterocycles. The molecule has 2 aliphatic heterocycles. The molecule has 2 aromatic rings. The molecule has 0 bridgehead atoms. The molecule has 0 N–H and O–H groups in total. The maximum Gasteiger partial charge on any atom is 0.410 e. The summed E-state index contributed by atoms with van der Waals surface area (Å²) < 4.78 is 5.41. The number of hydrogen-bond donors (Lipinski definition) is 0. The van der Waals surface area contributed by atoms with Crippen molar-refractivity contribution in [1.82, 2.24) is 9.80 Å². The van der Waals surface area contributed by atoms with Crippen molar-refractivity contribution in [2.75, 3.05) is 19.6 Å². The average Bonchev–Trinajstić information content (AvgIpc) is 3.04. The van der Waals surface area contributed by atoms with Gasteiger partial charge in [0.05, 0.1) is 11.1 Å². The second-order valence-electron chi connectivity index (χ2n) is 7.92. The number of carbonyl (C=O) groups is 3. The number of piperidine rings is 1. The largest absolute Gasteiger partial charge is 0.445 e. The van der Waals surface area contributed by atoms with Gasteiger partial charge in [-0.2, -0.15) is 0 Å². The molecule has 2 heterocycles. The van der Waals surface area contributed by atoms with E-state index < -0.39 is 0 Å².